The molecule has 2 fully saturated rings. The van der Waals surface area contributed by atoms with Gasteiger partial charge in [-0.2, -0.15) is 0 Å². The SMILES string of the molecule is CCCN(c1ncc(B2OC(C)(C)C(C)(C)O2)cn1)C1CCCC1. The summed E-state index contributed by atoms with van der Waals surface area (Å²) in [6.45, 7) is 11.5. The molecule has 2 aliphatic rings. The highest BCUT2D eigenvalue weighted by molar-refractivity contribution is 6.61. The molecular formula is C18H30BN3O2. The lowest BCUT2D eigenvalue weighted by Crippen LogP contribution is -2.41. The highest BCUT2D eigenvalue weighted by Crippen LogP contribution is 2.36. The van der Waals surface area contributed by atoms with Crippen LogP contribution in [0.5, 0.6) is 0 Å². The minimum atomic E-state index is -0.393. The summed E-state index contributed by atoms with van der Waals surface area (Å²) < 4.78 is 12.2. The first kappa shape index (κ1) is 17.7. The van der Waals surface area contributed by atoms with Crippen LogP contribution >= 0.6 is 0 Å². The summed E-state index contributed by atoms with van der Waals surface area (Å²) >= 11 is 0. The van der Waals surface area contributed by atoms with Crippen LogP contribution in [0.4, 0.5) is 5.95 Å². The fraction of sp³-hybridized carbons (Fsp3) is 0.778. The van der Waals surface area contributed by atoms with Gasteiger partial charge in [0.15, 0.2) is 0 Å². The molecule has 1 saturated heterocycles. The van der Waals surface area contributed by atoms with Crippen molar-refractivity contribution in [2.45, 2.75) is 84.0 Å². The van der Waals surface area contributed by atoms with Gasteiger partial charge in [-0.05, 0) is 47.0 Å². The van der Waals surface area contributed by atoms with E-state index < -0.39 is 7.12 Å². The van der Waals surface area contributed by atoms with Crippen LogP contribution in [0.15, 0.2) is 12.4 Å². The molecule has 1 aromatic rings. The maximum absolute atomic E-state index is 6.08. The molecule has 0 amide bonds. The molecule has 3 rings (SSSR count). The largest absolute Gasteiger partial charge is 0.498 e. The monoisotopic (exact) mass is 331 g/mol. The highest BCUT2D eigenvalue weighted by atomic mass is 16.7. The third-order valence-electron chi connectivity index (χ3n) is 5.67. The quantitative estimate of drug-likeness (QED) is 0.777. The molecule has 0 unspecified atom stereocenters. The van der Waals surface area contributed by atoms with Crippen molar-refractivity contribution in [2.75, 3.05) is 11.4 Å². The average Bonchev–Trinajstić information content (AvgIpc) is 3.12. The van der Waals surface area contributed by atoms with E-state index in [1.54, 1.807) is 0 Å². The van der Waals surface area contributed by atoms with E-state index in [0.717, 1.165) is 24.4 Å². The van der Waals surface area contributed by atoms with Crippen molar-refractivity contribution in [2.24, 2.45) is 0 Å². The van der Waals surface area contributed by atoms with Crippen LogP contribution in [0, 0.1) is 0 Å². The third kappa shape index (κ3) is 3.31. The minimum Gasteiger partial charge on any atom is -0.399 e. The van der Waals surface area contributed by atoms with Crippen molar-refractivity contribution in [3.63, 3.8) is 0 Å². The van der Waals surface area contributed by atoms with Crippen molar-refractivity contribution in [3.05, 3.63) is 12.4 Å². The Morgan fingerprint density at radius 1 is 1.08 bits per heavy atom. The van der Waals surface area contributed by atoms with E-state index >= 15 is 0 Å². The van der Waals surface area contributed by atoms with Gasteiger partial charge in [0, 0.05) is 30.4 Å². The number of hydrogen-bond donors (Lipinski definition) is 0. The predicted octanol–water partition coefficient (Wildman–Crippen LogP) is 2.93. The molecule has 1 aliphatic carbocycles. The molecule has 0 atom stereocenters. The lowest BCUT2D eigenvalue weighted by atomic mass is 9.81. The Morgan fingerprint density at radius 3 is 2.12 bits per heavy atom. The zero-order valence-electron chi connectivity index (χ0n) is 15.7. The normalized spacial score (nSPS) is 23.0. The minimum absolute atomic E-state index is 0.339. The molecule has 1 aliphatic heterocycles. The van der Waals surface area contributed by atoms with Crippen molar-refractivity contribution in [1.29, 1.82) is 0 Å². The number of nitrogens with zero attached hydrogens (tertiary/aromatic N) is 3. The molecule has 1 aromatic heterocycles. The summed E-state index contributed by atoms with van der Waals surface area (Å²) in [6.07, 6.45) is 9.97. The van der Waals surface area contributed by atoms with Crippen LogP contribution in [-0.4, -0.2) is 40.9 Å². The maximum Gasteiger partial charge on any atom is 0.498 e. The lowest BCUT2D eigenvalue weighted by Gasteiger charge is -2.32. The Balaban J connectivity index is 1.75. The molecular weight excluding hydrogens is 301 g/mol. The zero-order chi connectivity index (χ0) is 17.4. The second-order valence-corrected chi connectivity index (χ2v) is 8.04. The van der Waals surface area contributed by atoms with Crippen molar-refractivity contribution < 1.29 is 9.31 Å². The summed E-state index contributed by atoms with van der Waals surface area (Å²) in [7, 11) is -0.393. The fourth-order valence-electron chi connectivity index (χ4n) is 3.48. The molecule has 2 heterocycles. The van der Waals surface area contributed by atoms with E-state index in [2.05, 4.69) is 49.5 Å². The molecule has 6 heteroatoms. The van der Waals surface area contributed by atoms with Gasteiger partial charge in [-0.3, -0.25) is 0 Å². The Morgan fingerprint density at radius 2 is 1.62 bits per heavy atom. The van der Waals surface area contributed by atoms with Crippen LogP contribution in [0.1, 0.15) is 66.7 Å². The predicted molar refractivity (Wildman–Crippen MR) is 97.6 cm³/mol. The molecule has 0 N–H and O–H groups in total. The summed E-state index contributed by atoms with van der Waals surface area (Å²) in [6, 6.07) is 0.590. The van der Waals surface area contributed by atoms with Gasteiger partial charge in [-0.1, -0.05) is 19.8 Å². The molecule has 0 aromatic carbocycles. The van der Waals surface area contributed by atoms with Crippen molar-refractivity contribution in [3.8, 4) is 0 Å². The Hall–Kier alpha value is -1.14. The van der Waals surface area contributed by atoms with Crippen LogP contribution in [0.3, 0.4) is 0 Å². The summed E-state index contributed by atoms with van der Waals surface area (Å²) in [4.78, 5) is 11.7. The molecule has 5 nitrogen and oxygen atoms in total. The van der Waals surface area contributed by atoms with Gasteiger partial charge in [0.1, 0.15) is 0 Å². The van der Waals surface area contributed by atoms with E-state index in [9.17, 15) is 0 Å². The number of hydrogen-bond acceptors (Lipinski definition) is 5. The van der Waals surface area contributed by atoms with Crippen LogP contribution in [0.2, 0.25) is 0 Å². The van der Waals surface area contributed by atoms with E-state index in [0.29, 0.717) is 6.04 Å². The van der Waals surface area contributed by atoms with Gasteiger partial charge >= 0.3 is 7.12 Å². The highest BCUT2D eigenvalue weighted by Gasteiger charge is 2.52. The number of rotatable bonds is 5. The van der Waals surface area contributed by atoms with E-state index in [4.69, 9.17) is 9.31 Å². The standard InChI is InChI=1S/C18H30BN3O2/c1-6-11-22(15-9-7-8-10-15)16-20-12-14(13-21-16)19-23-17(2,3)18(4,5)24-19/h12-13,15H,6-11H2,1-5H3. The summed E-state index contributed by atoms with van der Waals surface area (Å²) in [5.41, 5.74) is 0.211. The fourth-order valence-corrected chi connectivity index (χ4v) is 3.48. The first-order chi connectivity index (χ1) is 11.3. The second kappa shape index (κ2) is 6.64. The number of anilines is 1. The van der Waals surface area contributed by atoms with Gasteiger partial charge in [-0.15, -0.1) is 0 Å². The van der Waals surface area contributed by atoms with Gasteiger partial charge < -0.3 is 14.2 Å². The molecule has 24 heavy (non-hydrogen) atoms. The van der Waals surface area contributed by atoms with Crippen molar-refractivity contribution >= 4 is 18.5 Å². The second-order valence-electron chi connectivity index (χ2n) is 8.04. The molecule has 132 valence electrons. The van der Waals surface area contributed by atoms with Crippen LogP contribution in [-0.2, 0) is 9.31 Å². The molecule has 0 bridgehead atoms. The topological polar surface area (TPSA) is 47.5 Å². The van der Waals surface area contributed by atoms with Crippen LogP contribution < -0.4 is 10.4 Å². The zero-order valence-corrected chi connectivity index (χ0v) is 15.7. The summed E-state index contributed by atoms with van der Waals surface area (Å²) in [5, 5.41) is 0. The van der Waals surface area contributed by atoms with E-state index in [1.165, 1.54) is 25.7 Å². The van der Waals surface area contributed by atoms with Crippen molar-refractivity contribution in [1.82, 2.24) is 9.97 Å². The number of aromatic nitrogens is 2. The Labute approximate surface area is 146 Å². The van der Waals surface area contributed by atoms with Gasteiger partial charge in [-0.25, -0.2) is 9.97 Å². The van der Waals surface area contributed by atoms with E-state index in [-0.39, 0.29) is 11.2 Å². The first-order valence-corrected chi connectivity index (χ1v) is 9.28. The Bertz CT molecular complexity index is 540. The third-order valence-corrected chi connectivity index (χ3v) is 5.67. The first-order valence-electron chi connectivity index (χ1n) is 9.28. The van der Waals surface area contributed by atoms with E-state index in [1.807, 2.05) is 12.4 Å². The van der Waals surface area contributed by atoms with Gasteiger partial charge in [0.05, 0.1) is 11.2 Å². The van der Waals surface area contributed by atoms with Crippen LogP contribution in [0.25, 0.3) is 0 Å². The van der Waals surface area contributed by atoms with Gasteiger partial charge in [0.2, 0.25) is 5.95 Å². The molecule has 0 radical (unpaired) electrons. The molecule has 1 saturated carbocycles. The maximum atomic E-state index is 6.08. The lowest BCUT2D eigenvalue weighted by molar-refractivity contribution is 0.00578. The van der Waals surface area contributed by atoms with Gasteiger partial charge in [0.25, 0.3) is 0 Å². The summed E-state index contributed by atoms with van der Waals surface area (Å²) in [5.74, 6) is 0.837. The average molecular weight is 331 g/mol. The Kier molecular flexibility index (Phi) is 4.89. The molecule has 0 spiro atoms. The smallest absolute Gasteiger partial charge is 0.399 e.